The van der Waals surface area contributed by atoms with Crippen molar-refractivity contribution in [3.63, 3.8) is 0 Å². The predicted molar refractivity (Wildman–Crippen MR) is 236 cm³/mol. The molecule has 4 heterocycles. The second kappa shape index (κ2) is 12.4. The lowest BCUT2D eigenvalue weighted by atomic mass is 10.1. The first kappa shape index (κ1) is 31.6. The smallest absolute Gasteiger partial charge is 0.160 e. The van der Waals surface area contributed by atoms with Gasteiger partial charge in [0, 0.05) is 54.7 Å². The van der Waals surface area contributed by atoms with Gasteiger partial charge < -0.3 is 4.57 Å². The molecule has 0 saturated carbocycles. The predicted octanol–water partition coefficient (Wildman–Crippen LogP) is 13.1. The van der Waals surface area contributed by atoms with Gasteiger partial charge >= 0.3 is 0 Å². The average molecular weight is 728 g/mol. The van der Waals surface area contributed by atoms with Gasteiger partial charge in [0.05, 0.1) is 44.5 Å². The molecule has 0 amide bonds. The molecule has 0 spiro atoms. The average Bonchev–Trinajstić information content (AvgIpc) is 3.92. The molecule has 0 unspecified atom stereocenters. The third-order valence-electron chi connectivity index (χ3n) is 11.4. The molecule has 0 aliphatic heterocycles. The van der Waals surface area contributed by atoms with E-state index in [9.17, 15) is 0 Å². The summed E-state index contributed by atoms with van der Waals surface area (Å²) in [6.07, 6.45) is 0. The fourth-order valence-electron chi connectivity index (χ4n) is 8.92. The molecule has 0 saturated heterocycles. The number of hydrogen-bond donors (Lipinski definition) is 0. The zero-order valence-electron chi connectivity index (χ0n) is 30.8. The van der Waals surface area contributed by atoms with E-state index < -0.39 is 0 Å². The molecule has 0 aliphatic rings. The molecule has 0 radical (unpaired) electrons. The molecule has 0 aliphatic carbocycles. The van der Waals surface area contributed by atoms with Crippen molar-refractivity contribution >= 4 is 65.4 Å². The van der Waals surface area contributed by atoms with E-state index in [2.05, 4.69) is 190 Å². The number of hydrogen-bond acceptors (Lipinski definition) is 2. The molecule has 0 fully saturated rings. The molecule has 57 heavy (non-hydrogen) atoms. The maximum absolute atomic E-state index is 5.12. The Balaban J connectivity index is 1.13. The van der Waals surface area contributed by atoms with Gasteiger partial charge in [-0.3, -0.25) is 0 Å². The molecular weight excluding hydrogens is 695 g/mol. The number of fused-ring (bicyclic) bond motifs is 10. The summed E-state index contributed by atoms with van der Waals surface area (Å²) in [5.41, 5.74) is 12.9. The lowest BCUT2D eigenvalue weighted by Crippen LogP contribution is -2.09. The van der Waals surface area contributed by atoms with Crippen molar-refractivity contribution in [3.05, 3.63) is 200 Å². The Morgan fingerprint density at radius 1 is 0.298 bits per heavy atom. The first-order valence-corrected chi connectivity index (χ1v) is 19.3. The number of rotatable bonds is 5. The van der Waals surface area contributed by atoms with Crippen molar-refractivity contribution in [2.45, 2.75) is 0 Å². The van der Waals surface area contributed by atoms with Gasteiger partial charge in [-0.2, -0.15) is 0 Å². The highest BCUT2D eigenvalue weighted by Crippen LogP contribution is 2.42. The largest absolute Gasteiger partial charge is 0.307 e. The van der Waals surface area contributed by atoms with Gasteiger partial charge in [0.1, 0.15) is 0 Å². The summed E-state index contributed by atoms with van der Waals surface area (Å²) < 4.78 is 7.33. The molecule has 266 valence electrons. The van der Waals surface area contributed by atoms with Crippen LogP contribution >= 0.6 is 0 Å². The number of nitrogens with zero attached hydrogens (tertiary/aromatic N) is 5. The molecule has 12 aromatic rings. The summed E-state index contributed by atoms with van der Waals surface area (Å²) in [4.78, 5) is 10.1. The standard InChI is InChI=1S/C52H33N5/c1-3-15-34(16-4-1)44-33-45(54-52(53-44)36-17-5-2-6-18-36)35-27-29-37(30-28-35)55-46-23-11-7-21-40(46)42-31-32-43-41-22-10-14-26-49(41)57(51(43)50(42)55)56-47-24-12-8-19-38(47)39-20-9-13-25-48(39)56/h1-33H. The van der Waals surface area contributed by atoms with Gasteiger partial charge in [-0.25, -0.2) is 19.3 Å². The van der Waals surface area contributed by atoms with Gasteiger partial charge in [-0.05, 0) is 42.5 Å². The molecular formula is C52H33N5. The van der Waals surface area contributed by atoms with E-state index >= 15 is 0 Å². The topological polar surface area (TPSA) is 40.6 Å². The van der Waals surface area contributed by atoms with Crippen LogP contribution in [0.25, 0.3) is 105 Å². The zero-order valence-corrected chi connectivity index (χ0v) is 30.8. The van der Waals surface area contributed by atoms with Crippen molar-refractivity contribution in [1.82, 2.24) is 23.9 Å². The normalized spacial score (nSPS) is 11.9. The summed E-state index contributed by atoms with van der Waals surface area (Å²) in [6.45, 7) is 0. The highest BCUT2D eigenvalue weighted by Gasteiger charge is 2.23. The zero-order chi connectivity index (χ0) is 37.5. The van der Waals surface area contributed by atoms with Crippen LogP contribution < -0.4 is 0 Å². The second-order valence-corrected chi connectivity index (χ2v) is 14.6. The van der Waals surface area contributed by atoms with Gasteiger partial charge in [-0.1, -0.05) is 158 Å². The lowest BCUT2D eigenvalue weighted by Gasteiger charge is -2.16. The van der Waals surface area contributed by atoms with Crippen LogP contribution in [-0.4, -0.2) is 23.9 Å². The highest BCUT2D eigenvalue weighted by atomic mass is 15.5. The fourth-order valence-corrected chi connectivity index (χ4v) is 8.92. The van der Waals surface area contributed by atoms with E-state index in [1.807, 2.05) is 24.3 Å². The van der Waals surface area contributed by atoms with Crippen LogP contribution in [0.1, 0.15) is 0 Å². The monoisotopic (exact) mass is 727 g/mol. The fraction of sp³-hybridized carbons (Fsp3) is 0. The van der Waals surface area contributed by atoms with Gasteiger partial charge in [0.2, 0.25) is 0 Å². The van der Waals surface area contributed by atoms with E-state index in [-0.39, 0.29) is 0 Å². The first-order chi connectivity index (χ1) is 28.3. The van der Waals surface area contributed by atoms with Crippen molar-refractivity contribution in [1.29, 1.82) is 0 Å². The summed E-state index contributed by atoms with van der Waals surface area (Å²) in [5.74, 6) is 0.707. The quantitative estimate of drug-likeness (QED) is 0.177. The van der Waals surface area contributed by atoms with Crippen molar-refractivity contribution < 1.29 is 0 Å². The number of benzene rings is 8. The molecule has 5 nitrogen and oxygen atoms in total. The molecule has 5 heteroatoms. The lowest BCUT2D eigenvalue weighted by molar-refractivity contribution is 0.776. The van der Waals surface area contributed by atoms with Crippen LogP contribution in [0.15, 0.2) is 200 Å². The second-order valence-electron chi connectivity index (χ2n) is 14.6. The van der Waals surface area contributed by atoms with Gasteiger partial charge in [0.25, 0.3) is 0 Å². The Labute approximate surface area is 327 Å². The summed E-state index contributed by atoms with van der Waals surface area (Å²) in [6, 6.07) is 71.3. The van der Waals surface area contributed by atoms with Crippen LogP contribution in [0.2, 0.25) is 0 Å². The van der Waals surface area contributed by atoms with Crippen LogP contribution in [0.3, 0.4) is 0 Å². The molecule has 12 rings (SSSR count). The Hall–Kier alpha value is -7.76. The maximum Gasteiger partial charge on any atom is 0.160 e. The first-order valence-electron chi connectivity index (χ1n) is 19.3. The molecule has 0 N–H and O–H groups in total. The van der Waals surface area contributed by atoms with E-state index in [0.29, 0.717) is 5.82 Å². The molecule has 8 aromatic carbocycles. The molecule has 0 bridgehead atoms. The van der Waals surface area contributed by atoms with E-state index in [1.165, 1.54) is 48.9 Å². The Morgan fingerprint density at radius 3 is 1.30 bits per heavy atom. The Bertz CT molecular complexity index is 3390. The Kier molecular flexibility index (Phi) is 6.86. The summed E-state index contributed by atoms with van der Waals surface area (Å²) in [5, 5.41) is 7.33. The van der Waals surface area contributed by atoms with Crippen molar-refractivity contribution in [2.75, 3.05) is 0 Å². The van der Waals surface area contributed by atoms with Crippen LogP contribution in [0.5, 0.6) is 0 Å². The minimum Gasteiger partial charge on any atom is -0.307 e. The van der Waals surface area contributed by atoms with Gasteiger partial charge in [-0.15, -0.1) is 0 Å². The van der Waals surface area contributed by atoms with E-state index in [4.69, 9.17) is 9.97 Å². The third kappa shape index (κ3) is 4.76. The summed E-state index contributed by atoms with van der Waals surface area (Å²) in [7, 11) is 0. The third-order valence-corrected chi connectivity index (χ3v) is 11.4. The minimum absolute atomic E-state index is 0.707. The highest BCUT2D eigenvalue weighted by molar-refractivity contribution is 6.23. The van der Waals surface area contributed by atoms with Crippen molar-refractivity contribution in [3.8, 4) is 39.6 Å². The van der Waals surface area contributed by atoms with E-state index in [1.54, 1.807) is 0 Å². The van der Waals surface area contributed by atoms with Crippen molar-refractivity contribution in [2.24, 2.45) is 0 Å². The van der Waals surface area contributed by atoms with Crippen LogP contribution in [0, 0.1) is 0 Å². The van der Waals surface area contributed by atoms with Crippen LogP contribution in [0.4, 0.5) is 0 Å². The summed E-state index contributed by atoms with van der Waals surface area (Å²) >= 11 is 0. The van der Waals surface area contributed by atoms with Gasteiger partial charge in [0.15, 0.2) is 5.82 Å². The number of aromatic nitrogens is 5. The SMILES string of the molecule is c1ccc(-c2cc(-c3ccc(-n4c5ccccc5c5ccc6c7ccccc7n(-n7c8ccccc8c8ccccc87)c6c54)cc3)nc(-c3ccccc3)n2)cc1. The number of para-hydroxylation sites is 4. The molecule has 0 atom stereocenters. The molecule has 4 aromatic heterocycles. The Morgan fingerprint density at radius 2 is 0.719 bits per heavy atom. The van der Waals surface area contributed by atoms with Crippen LogP contribution in [-0.2, 0) is 0 Å². The maximum atomic E-state index is 5.12. The minimum atomic E-state index is 0.707. The van der Waals surface area contributed by atoms with E-state index in [0.717, 1.165) is 50.3 Å².